The molecule has 25 heavy (non-hydrogen) atoms. The molecule has 0 radical (unpaired) electrons. The quantitative estimate of drug-likeness (QED) is 0.676. The summed E-state index contributed by atoms with van der Waals surface area (Å²) in [5.74, 6) is 0.173. The van der Waals surface area contributed by atoms with E-state index >= 15 is 0 Å². The maximum Gasteiger partial charge on any atom is 0.190 e. The Morgan fingerprint density at radius 1 is 0.720 bits per heavy atom. The number of ketones is 1. The summed E-state index contributed by atoms with van der Waals surface area (Å²) in [6, 6.07) is 20.5. The minimum absolute atomic E-state index is 0.173. The average Bonchev–Trinajstić information content (AvgIpc) is 2.95. The van der Waals surface area contributed by atoms with Crippen LogP contribution in [0.2, 0.25) is 0 Å². The van der Waals surface area contributed by atoms with Gasteiger partial charge in [0, 0.05) is 16.7 Å². The Bertz CT molecular complexity index is 896. The molecule has 0 saturated carbocycles. The van der Waals surface area contributed by atoms with Gasteiger partial charge in [-0.15, -0.1) is 0 Å². The molecule has 0 N–H and O–H groups in total. The van der Waals surface area contributed by atoms with Crippen LogP contribution in [0.3, 0.4) is 0 Å². The lowest BCUT2D eigenvalue weighted by Gasteiger charge is -2.18. The summed E-state index contributed by atoms with van der Waals surface area (Å²) in [6.45, 7) is 1.99. The molecular weight excluding hydrogens is 304 g/mol. The van der Waals surface area contributed by atoms with Crippen molar-refractivity contribution in [3.63, 3.8) is 0 Å². The molecule has 0 aromatic heterocycles. The van der Waals surface area contributed by atoms with Crippen LogP contribution in [0.25, 0.3) is 11.1 Å². The second-order valence-corrected chi connectivity index (χ2v) is 6.79. The van der Waals surface area contributed by atoms with Gasteiger partial charge in [-0.2, -0.15) is 0 Å². The van der Waals surface area contributed by atoms with Crippen molar-refractivity contribution in [3.8, 4) is 0 Å². The topological polar surface area (TPSA) is 17.1 Å². The van der Waals surface area contributed by atoms with Crippen LogP contribution in [0.5, 0.6) is 0 Å². The summed E-state index contributed by atoms with van der Waals surface area (Å²) >= 11 is 0. The molecule has 0 atom stereocenters. The van der Waals surface area contributed by atoms with Crippen molar-refractivity contribution >= 4 is 16.9 Å². The second-order valence-electron chi connectivity index (χ2n) is 6.79. The standard InChI is InChI=1S/C24H22O/c1-17-21(18-11-5-2-6-12-18)22(19-13-7-3-8-14-19)23(24(17)25)20-15-9-4-10-16-20/h3-4,7-11,13-16H,2,5-6,12H2,1H3. The molecule has 0 bridgehead atoms. The largest absolute Gasteiger partial charge is 0.289 e. The third-order valence-electron chi connectivity index (χ3n) is 5.18. The maximum absolute atomic E-state index is 13.2. The van der Waals surface area contributed by atoms with Gasteiger partial charge in [-0.3, -0.25) is 4.79 Å². The number of rotatable bonds is 3. The lowest BCUT2D eigenvalue weighted by Crippen LogP contribution is -2.00. The molecular formula is C24H22O. The highest BCUT2D eigenvalue weighted by atomic mass is 16.1. The van der Waals surface area contributed by atoms with Crippen molar-refractivity contribution in [1.29, 1.82) is 0 Å². The van der Waals surface area contributed by atoms with Gasteiger partial charge in [-0.1, -0.05) is 66.7 Å². The van der Waals surface area contributed by atoms with E-state index in [2.05, 4.69) is 30.3 Å². The summed E-state index contributed by atoms with van der Waals surface area (Å²) in [4.78, 5) is 13.2. The molecule has 0 saturated heterocycles. The van der Waals surface area contributed by atoms with Crippen molar-refractivity contribution in [2.45, 2.75) is 32.6 Å². The highest BCUT2D eigenvalue weighted by Crippen LogP contribution is 2.46. The van der Waals surface area contributed by atoms with Crippen LogP contribution in [0.4, 0.5) is 0 Å². The van der Waals surface area contributed by atoms with Gasteiger partial charge in [0.25, 0.3) is 0 Å². The molecule has 2 aliphatic rings. The summed E-state index contributed by atoms with van der Waals surface area (Å²) in [5.41, 5.74) is 7.53. The zero-order chi connectivity index (χ0) is 17.2. The summed E-state index contributed by atoms with van der Waals surface area (Å²) in [7, 11) is 0. The van der Waals surface area contributed by atoms with E-state index in [0.29, 0.717) is 0 Å². The molecule has 0 aliphatic heterocycles. The lowest BCUT2D eigenvalue weighted by atomic mass is 9.85. The fourth-order valence-corrected chi connectivity index (χ4v) is 3.97. The van der Waals surface area contributed by atoms with Crippen LogP contribution in [0, 0.1) is 0 Å². The predicted molar refractivity (Wildman–Crippen MR) is 104 cm³/mol. The number of hydrogen-bond donors (Lipinski definition) is 0. The molecule has 2 aliphatic carbocycles. The van der Waals surface area contributed by atoms with E-state index < -0.39 is 0 Å². The molecule has 0 spiro atoms. The summed E-state index contributed by atoms with van der Waals surface area (Å²) in [5, 5.41) is 0. The van der Waals surface area contributed by atoms with Crippen LogP contribution in [-0.4, -0.2) is 5.78 Å². The van der Waals surface area contributed by atoms with Crippen molar-refractivity contribution in [3.05, 3.63) is 94.6 Å². The summed E-state index contributed by atoms with van der Waals surface area (Å²) in [6.07, 6.45) is 6.98. The number of hydrogen-bond acceptors (Lipinski definition) is 1. The zero-order valence-corrected chi connectivity index (χ0v) is 14.6. The minimum Gasteiger partial charge on any atom is -0.289 e. The Morgan fingerprint density at radius 3 is 1.88 bits per heavy atom. The van der Waals surface area contributed by atoms with Crippen molar-refractivity contribution in [1.82, 2.24) is 0 Å². The van der Waals surface area contributed by atoms with Crippen LogP contribution in [0.1, 0.15) is 43.7 Å². The predicted octanol–water partition coefficient (Wildman–Crippen LogP) is 6.00. The molecule has 1 heteroatoms. The molecule has 0 unspecified atom stereocenters. The first-order chi connectivity index (χ1) is 12.3. The van der Waals surface area contributed by atoms with Crippen LogP contribution in [0.15, 0.2) is 83.5 Å². The monoisotopic (exact) mass is 326 g/mol. The molecule has 124 valence electrons. The number of carbonyl (C=O) groups excluding carboxylic acids is 1. The van der Waals surface area contributed by atoms with E-state index in [1.807, 2.05) is 43.3 Å². The highest BCUT2D eigenvalue weighted by Gasteiger charge is 2.33. The normalized spacial score (nSPS) is 18.0. The van der Waals surface area contributed by atoms with Gasteiger partial charge in [-0.05, 0) is 54.9 Å². The van der Waals surface area contributed by atoms with E-state index in [4.69, 9.17) is 0 Å². The molecule has 0 heterocycles. The first-order valence-corrected chi connectivity index (χ1v) is 9.08. The fourth-order valence-electron chi connectivity index (χ4n) is 3.97. The number of carbonyl (C=O) groups is 1. The van der Waals surface area contributed by atoms with Gasteiger partial charge < -0.3 is 0 Å². The third kappa shape index (κ3) is 2.80. The number of Topliss-reactive ketones (excluding diaryl/α,β-unsaturated/α-hetero) is 1. The van der Waals surface area contributed by atoms with Gasteiger partial charge in [0.15, 0.2) is 5.78 Å². The number of benzene rings is 2. The van der Waals surface area contributed by atoms with E-state index in [1.54, 1.807) is 0 Å². The van der Waals surface area contributed by atoms with E-state index in [-0.39, 0.29) is 5.78 Å². The maximum atomic E-state index is 13.2. The molecule has 0 amide bonds. The zero-order valence-electron chi connectivity index (χ0n) is 14.6. The van der Waals surface area contributed by atoms with Crippen molar-refractivity contribution in [2.24, 2.45) is 0 Å². The fraction of sp³-hybridized carbons (Fsp3) is 0.208. The van der Waals surface area contributed by atoms with Gasteiger partial charge in [0.2, 0.25) is 0 Å². The van der Waals surface area contributed by atoms with Crippen LogP contribution in [-0.2, 0) is 4.79 Å². The first kappa shape index (κ1) is 15.8. The van der Waals surface area contributed by atoms with E-state index in [0.717, 1.165) is 40.7 Å². The smallest absolute Gasteiger partial charge is 0.190 e. The van der Waals surface area contributed by atoms with E-state index in [9.17, 15) is 4.79 Å². The Morgan fingerprint density at radius 2 is 1.32 bits per heavy atom. The lowest BCUT2D eigenvalue weighted by molar-refractivity contribution is -0.110. The van der Waals surface area contributed by atoms with Crippen LogP contribution >= 0.6 is 0 Å². The highest BCUT2D eigenvalue weighted by molar-refractivity contribution is 6.41. The molecule has 1 nitrogen and oxygen atoms in total. The van der Waals surface area contributed by atoms with Gasteiger partial charge >= 0.3 is 0 Å². The molecule has 2 aromatic carbocycles. The average molecular weight is 326 g/mol. The summed E-state index contributed by atoms with van der Waals surface area (Å²) < 4.78 is 0. The molecule has 0 fully saturated rings. The van der Waals surface area contributed by atoms with Crippen molar-refractivity contribution < 1.29 is 4.79 Å². The first-order valence-electron chi connectivity index (χ1n) is 9.08. The Hall–Kier alpha value is -2.67. The van der Waals surface area contributed by atoms with Crippen molar-refractivity contribution in [2.75, 3.05) is 0 Å². The Labute approximate surface area is 149 Å². The van der Waals surface area contributed by atoms with Gasteiger partial charge in [0.05, 0.1) is 0 Å². The Balaban J connectivity index is 1.97. The Kier molecular flexibility index (Phi) is 4.23. The number of allylic oxidation sites excluding steroid dienone is 6. The minimum atomic E-state index is 0.173. The third-order valence-corrected chi connectivity index (χ3v) is 5.18. The van der Waals surface area contributed by atoms with Gasteiger partial charge in [0.1, 0.15) is 0 Å². The SMILES string of the molecule is CC1=C(C2=CCCCC2)C(c2ccccc2)=C(c2ccccc2)C1=O. The second kappa shape index (κ2) is 6.68. The van der Waals surface area contributed by atoms with Gasteiger partial charge in [-0.25, -0.2) is 0 Å². The molecule has 4 rings (SSSR count). The van der Waals surface area contributed by atoms with E-state index in [1.165, 1.54) is 24.0 Å². The molecule has 2 aromatic rings. The van der Waals surface area contributed by atoms with Crippen LogP contribution < -0.4 is 0 Å².